The van der Waals surface area contributed by atoms with Gasteiger partial charge in [-0.25, -0.2) is 9.37 Å². The van der Waals surface area contributed by atoms with Gasteiger partial charge in [0, 0.05) is 26.0 Å². The fraction of sp³-hybridized carbons (Fsp3) is 0.583. The molecule has 0 aromatic carbocycles. The third kappa shape index (κ3) is 2.70. The molecule has 2 heterocycles. The van der Waals surface area contributed by atoms with Crippen molar-refractivity contribution in [2.24, 2.45) is 5.41 Å². The van der Waals surface area contributed by atoms with Gasteiger partial charge in [-0.05, 0) is 30.4 Å². The molecule has 0 saturated carbocycles. The molecule has 1 aromatic heterocycles. The molecule has 1 saturated heterocycles. The second kappa shape index (κ2) is 4.78. The number of pyridine rings is 1. The lowest BCUT2D eigenvalue weighted by molar-refractivity contribution is 0.0299. The van der Waals surface area contributed by atoms with Crippen molar-refractivity contribution in [3.8, 4) is 0 Å². The van der Waals surface area contributed by atoms with Gasteiger partial charge < -0.3 is 10.1 Å². The minimum Gasteiger partial charge on any atom is -0.381 e. The molecule has 1 N–H and O–H groups in total. The number of anilines is 1. The molecule has 0 bridgehead atoms. The molecular weight excluding hydrogens is 207 g/mol. The maximum absolute atomic E-state index is 13.3. The molecule has 0 atom stereocenters. The number of hydrogen-bond acceptors (Lipinski definition) is 3. The first-order valence-corrected chi connectivity index (χ1v) is 5.62. The number of nitrogens with zero attached hydrogens (tertiary/aromatic N) is 1. The normalized spacial score (nSPS) is 19.4. The topological polar surface area (TPSA) is 34.2 Å². The van der Waals surface area contributed by atoms with Crippen LogP contribution in [0.1, 0.15) is 19.8 Å². The Hall–Kier alpha value is -1.16. The van der Waals surface area contributed by atoms with Gasteiger partial charge in [-0.15, -0.1) is 0 Å². The number of halogens is 1. The van der Waals surface area contributed by atoms with E-state index in [-0.39, 0.29) is 11.2 Å². The van der Waals surface area contributed by atoms with E-state index in [1.54, 1.807) is 12.3 Å². The van der Waals surface area contributed by atoms with Crippen molar-refractivity contribution >= 4 is 5.82 Å². The molecule has 1 aromatic rings. The van der Waals surface area contributed by atoms with Crippen LogP contribution < -0.4 is 5.32 Å². The summed E-state index contributed by atoms with van der Waals surface area (Å²) < 4.78 is 18.6. The summed E-state index contributed by atoms with van der Waals surface area (Å²) in [5.74, 6) is 0.0494. The molecule has 1 aliphatic heterocycles. The van der Waals surface area contributed by atoms with Gasteiger partial charge in [-0.1, -0.05) is 6.92 Å². The Labute approximate surface area is 95.0 Å². The third-order valence-corrected chi connectivity index (χ3v) is 3.14. The molecule has 0 aliphatic carbocycles. The molecule has 0 unspecified atom stereocenters. The first-order chi connectivity index (χ1) is 7.70. The second-order valence-corrected chi connectivity index (χ2v) is 4.61. The van der Waals surface area contributed by atoms with E-state index >= 15 is 0 Å². The van der Waals surface area contributed by atoms with Crippen LogP contribution >= 0.6 is 0 Å². The van der Waals surface area contributed by atoms with E-state index in [0.717, 1.165) is 32.6 Å². The molecule has 0 amide bonds. The van der Waals surface area contributed by atoms with Gasteiger partial charge in [0.1, 0.15) is 0 Å². The Morgan fingerprint density at radius 3 is 2.94 bits per heavy atom. The quantitative estimate of drug-likeness (QED) is 0.856. The second-order valence-electron chi connectivity index (χ2n) is 4.61. The Morgan fingerprint density at radius 1 is 1.50 bits per heavy atom. The maximum atomic E-state index is 13.3. The highest BCUT2D eigenvalue weighted by Gasteiger charge is 2.27. The van der Waals surface area contributed by atoms with E-state index in [2.05, 4.69) is 17.2 Å². The van der Waals surface area contributed by atoms with Gasteiger partial charge in [0.15, 0.2) is 11.6 Å². The first kappa shape index (κ1) is 11.3. The molecule has 1 aliphatic rings. The number of nitrogens with one attached hydrogen (secondary N) is 1. The number of ether oxygens (including phenoxy) is 1. The number of rotatable bonds is 3. The van der Waals surface area contributed by atoms with E-state index in [1.807, 2.05) is 0 Å². The van der Waals surface area contributed by atoms with Crippen molar-refractivity contribution in [3.63, 3.8) is 0 Å². The maximum Gasteiger partial charge on any atom is 0.165 e. The van der Waals surface area contributed by atoms with E-state index in [4.69, 9.17) is 4.74 Å². The minimum absolute atomic E-state index is 0.183. The zero-order valence-electron chi connectivity index (χ0n) is 9.50. The lowest BCUT2D eigenvalue weighted by Crippen LogP contribution is -2.33. The summed E-state index contributed by atoms with van der Waals surface area (Å²) in [6.45, 7) is 4.53. The first-order valence-electron chi connectivity index (χ1n) is 5.62. The molecule has 2 rings (SSSR count). The van der Waals surface area contributed by atoms with E-state index < -0.39 is 0 Å². The van der Waals surface area contributed by atoms with Gasteiger partial charge in [-0.3, -0.25) is 0 Å². The predicted octanol–water partition coefficient (Wildman–Crippen LogP) is 2.45. The van der Waals surface area contributed by atoms with E-state index in [0.29, 0.717) is 5.82 Å². The lowest BCUT2D eigenvalue weighted by atomic mass is 9.82. The van der Waals surface area contributed by atoms with E-state index in [1.165, 1.54) is 6.07 Å². The summed E-state index contributed by atoms with van der Waals surface area (Å²) in [5.41, 5.74) is 0.183. The van der Waals surface area contributed by atoms with Gasteiger partial charge in [0.25, 0.3) is 0 Å². The molecule has 88 valence electrons. The third-order valence-electron chi connectivity index (χ3n) is 3.14. The average molecular weight is 224 g/mol. The lowest BCUT2D eigenvalue weighted by Gasteiger charge is -2.33. The van der Waals surface area contributed by atoms with Crippen molar-refractivity contribution in [1.82, 2.24) is 4.98 Å². The fourth-order valence-corrected chi connectivity index (χ4v) is 1.85. The summed E-state index contributed by atoms with van der Waals surface area (Å²) in [6.07, 6.45) is 3.61. The monoisotopic (exact) mass is 224 g/mol. The van der Waals surface area contributed by atoms with Gasteiger partial charge >= 0.3 is 0 Å². The van der Waals surface area contributed by atoms with Crippen LogP contribution in [0.2, 0.25) is 0 Å². The van der Waals surface area contributed by atoms with Crippen LogP contribution in [0.4, 0.5) is 10.2 Å². The zero-order chi connectivity index (χ0) is 11.4. The summed E-state index contributed by atoms with van der Waals surface area (Å²) in [7, 11) is 0. The van der Waals surface area contributed by atoms with Crippen LogP contribution in [-0.2, 0) is 4.74 Å². The van der Waals surface area contributed by atoms with Gasteiger partial charge in [-0.2, -0.15) is 0 Å². The standard InChI is InChI=1S/C12H17FN2O/c1-12(4-7-16-8-5-12)9-15-11-10(13)3-2-6-14-11/h2-3,6H,4-5,7-9H2,1H3,(H,14,15). The van der Waals surface area contributed by atoms with Crippen LogP contribution in [-0.4, -0.2) is 24.7 Å². The SMILES string of the molecule is CC1(CNc2ncccc2F)CCOCC1. The molecule has 16 heavy (non-hydrogen) atoms. The van der Waals surface area contributed by atoms with Gasteiger partial charge in [0.2, 0.25) is 0 Å². The predicted molar refractivity (Wildman–Crippen MR) is 60.8 cm³/mol. The van der Waals surface area contributed by atoms with Gasteiger partial charge in [0.05, 0.1) is 0 Å². The Balaban J connectivity index is 1.94. The summed E-state index contributed by atoms with van der Waals surface area (Å²) in [6, 6.07) is 3.01. The smallest absolute Gasteiger partial charge is 0.165 e. The van der Waals surface area contributed by atoms with Crippen LogP contribution in [0.15, 0.2) is 18.3 Å². The average Bonchev–Trinajstić information content (AvgIpc) is 2.29. The van der Waals surface area contributed by atoms with Crippen molar-refractivity contribution in [2.75, 3.05) is 25.1 Å². The summed E-state index contributed by atoms with van der Waals surface area (Å²) in [5, 5.41) is 3.08. The van der Waals surface area contributed by atoms with Crippen LogP contribution in [0, 0.1) is 11.2 Å². The van der Waals surface area contributed by atoms with Crippen molar-refractivity contribution in [2.45, 2.75) is 19.8 Å². The molecule has 0 spiro atoms. The molecule has 3 nitrogen and oxygen atoms in total. The number of aromatic nitrogens is 1. The highest BCUT2D eigenvalue weighted by atomic mass is 19.1. The zero-order valence-corrected chi connectivity index (χ0v) is 9.50. The number of hydrogen-bond donors (Lipinski definition) is 1. The Bertz CT molecular complexity index is 351. The highest BCUT2D eigenvalue weighted by molar-refractivity contribution is 5.35. The van der Waals surface area contributed by atoms with Crippen LogP contribution in [0.3, 0.4) is 0 Å². The Kier molecular flexibility index (Phi) is 3.39. The summed E-state index contributed by atoms with van der Waals surface area (Å²) in [4.78, 5) is 3.98. The van der Waals surface area contributed by atoms with E-state index in [9.17, 15) is 4.39 Å². The largest absolute Gasteiger partial charge is 0.381 e. The van der Waals surface area contributed by atoms with Crippen LogP contribution in [0.25, 0.3) is 0 Å². The molecule has 0 radical (unpaired) electrons. The fourth-order valence-electron chi connectivity index (χ4n) is 1.85. The molecule has 4 heteroatoms. The van der Waals surface area contributed by atoms with Crippen molar-refractivity contribution < 1.29 is 9.13 Å². The molecule has 1 fully saturated rings. The minimum atomic E-state index is -0.293. The molecular formula is C12H17FN2O. The van der Waals surface area contributed by atoms with Crippen molar-refractivity contribution in [3.05, 3.63) is 24.1 Å². The van der Waals surface area contributed by atoms with Crippen LogP contribution in [0.5, 0.6) is 0 Å². The Morgan fingerprint density at radius 2 is 2.25 bits per heavy atom. The van der Waals surface area contributed by atoms with Crippen molar-refractivity contribution in [1.29, 1.82) is 0 Å². The summed E-state index contributed by atoms with van der Waals surface area (Å²) >= 11 is 0. The highest BCUT2D eigenvalue weighted by Crippen LogP contribution is 2.29.